The Balaban J connectivity index is 2.10. The van der Waals surface area contributed by atoms with Crippen LogP contribution < -0.4 is 4.72 Å². The molecule has 0 amide bonds. The third-order valence-corrected chi connectivity index (χ3v) is 4.53. The molecule has 0 saturated carbocycles. The van der Waals surface area contributed by atoms with Crippen LogP contribution in [0.2, 0.25) is 0 Å². The molecule has 114 valence electrons. The summed E-state index contributed by atoms with van der Waals surface area (Å²) in [5.41, 5.74) is 0.957. The maximum absolute atomic E-state index is 12.2. The number of nitrogens with zero attached hydrogens (tertiary/aromatic N) is 1. The normalized spacial score (nSPS) is 13.2. The molecule has 2 aromatic rings. The fourth-order valence-electron chi connectivity index (χ4n) is 1.98. The van der Waals surface area contributed by atoms with Crippen molar-refractivity contribution < 1.29 is 13.5 Å². The Morgan fingerprint density at radius 3 is 2.62 bits per heavy atom. The van der Waals surface area contributed by atoms with Gasteiger partial charge in [0.2, 0.25) is 0 Å². The molecule has 1 aromatic heterocycles. The van der Waals surface area contributed by atoms with Crippen molar-refractivity contribution in [2.45, 2.75) is 30.8 Å². The summed E-state index contributed by atoms with van der Waals surface area (Å²) in [7, 11) is -3.71. The van der Waals surface area contributed by atoms with E-state index in [1.54, 1.807) is 0 Å². The predicted octanol–water partition coefficient (Wildman–Crippen LogP) is 0.854. The third-order valence-electron chi connectivity index (χ3n) is 3.10. The van der Waals surface area contributed by atoms with Gasteiger partial charge in [-0.05, 0) is 12.0 Å². The first-order valence-corrected chi connectivity index (χ1v) is 8.24. The lowest BCUT2D eigenvalue weighted by Gasteiger charge is -2.15. The third kappa shape index (κ3) is 4.13. The van der Waals surface area contributed by atoms with E-state index in [9.17, 15) is 13.5 Å². The fourth-order valence-corrected chi connectivity index (χ4v) is 3.15. The van der Waals surface area contributed by atoms with Gasteiger partial charge in [0.15, 0.2) is 5.03 Å². The van der Waals surface area contributed by atoms with E-state index in [-0.39, 0.29) is 11.6 Å². The van der Waals surface area contributed by atoms with Crippen LogP contribution in [0.3, 0.4) is 0 Å². The minimum Gasteiger partial charge on any atom is -0.395 e. The van der Waals surface area contributed by atoms with Crippen molar-refractivity contribution in [3.8, 4) is 0 Å². The second-order valence-corrected chi connectivity index (χ2v) is 6.42. The van der Waals surface area contributed by atoms with Gasteiger partial charge in [0.1, 0.15) is 5.82 Å². The zero-order valence-corrected chi connectivity index (χ0v) is 12.6. The molecule has 1 unspecified atom stereocenters. The summed E-state index contributed by atoms with van der Waals surface area (Å²) in [6.07, 6.45) is 2.34. The van der Waals surface area contributed by atoms with Crippen molar-refractivity contribution >= 4 is 10.0 Å². The highest BCUT2D eigenvalue weighted by Crippen LogP contribution is 2.09. The van der Waals surface area contributed by atoms with E-state index >= 15 is 0 Å². The van der Waals surface area contributed by atoms with Gasteiger partial charge < -0.3 is 10.1 Å². The number of aliphatic hydroxyl groups excluding tert-OH is 1. The quantitative estimate of drug-likeness (QED) is 0.707. The van der Waals surface area contributed by atoms with Gasteiger partial charge in [-0.15, -0.1) is 0 Å². The summed E-state index contributed by atoms with van der Waals surface area (Å²) in [6, 6.07) is 8.84. The Bertz CT molecular complexity index is 668. The molecule has 0 bridgehead atoms. The van der Waals surface area contributed by atoms with Crippen LogP contribution in [0.25, 0.3) is 0 Å². The first-order valence-electron chi connectivity index (χ1n) is 6.76. The number of H-pyrrole nitrogens is 1. The average molecular weight is 309 g/mol. The van der Waals surface area contributed by atoms with Crippen molar-refractivity contribution in [2.75, 3.05) is 6.61 Å². The number of nitrogens with one attached hydrogen (secondary N) is 2. The van der Waals surface area contributed by atoms with E-state index in [1.807, 2.05) is 37.3 Å². The number of imidazole rings is 1. The Kier molecular flexibility index (Phi) is 5.11. The zero-order chi connectivity index (χ0) is 15.3. The number of hydrogen-bond acceptors (Lipinski definition) is 4. The molecule has 0 spiro atoms. The Morgan fingerprint density at radius 2 is 2.05 bits per heavy atom. The molecule has 0 fully saturated rings. The topological polar surface area (TPSA) is 95.1 Å². The molecule has 0 saturated heterocycles. The van der Waals surface area contributed by atoms with E-state index in [2.05, 4.69) is 14.7 Å². The summed E-state index contributed by atoms with van der Waals surface area (Å²) in [5, 5.41) is 9.42. The number of aliphatic hydroxyl groups is 1. The zero-order valence-electron chi connectivity index (χ0n) is 11.8. The number of hydrogen-bond donors (Lipinski definition) is 3. The predicted molar refractivity (Wildman–Crippen MR) is 79.3 cm³/mol. The maximum atomic E-state index is 12.2. The number of aromatic nitrogens is 2. The molecule has 0 aliphatic rings. The summed E-state index contributed by atoms with van der Waals surface area (Å²) in [4.78, 5) is 6.73. The molecule has 0 aliphatic carbocycles. The second kappa shape index (κ2) is 6.84. The molecule has 1 heterocycles. The summed E-state index contributed by atoms with van der Waals surface area (Å²) in [5.74, 6) is 0.610. The molecule has 7 heteroatoms. The van der Waals surface area contributed by atoms with E-state index < -0.39 is 16.1 Å². The standard InChI is InChI=1S/C14H19N3O3S/c1-2-13-15-9-14(16-13)21(19,20)17-12(10-18)8-11-6-4-3-5-7-11/h3-7,9,12,17-18H,2,8,10H2,1H3,(H,15,16). The summed E-state index contributed by atoms with van der Waals surface area (Å²) < 4.78 is 27.0. The second-order valence-electron chi connectivity index (χ2n) is 4.74. The van der Waals surface area contributed by atoms with Gasteiger partial charge in [-0.2, -0.15) is 0 Å². The van der Waals surface area contributed by atoms with Crippen LogP contribution in [0.5, 0.6) is 0 Å². The van der Waals surface area contributed by atoms with Gasteiger partial charge in [0, 0.05) is 12.5 Å². The van der Waals surface area contributed by atoms with Crippen LogP contribution in [0.4, 0.5) is 0 Å². The van der Waals surface area contributed by atoms with Crippen molar-refractivity contribution in [2.24, 2.45) is 0 Å². The highest BCUT2D eigenvalue weighted by molar-refractivity contribution is 7.89. The first kappa shape index (κ1) is 15.7. The van der Waals surface area contributed by atoms with Gasteiger partial charge in [-0.3, -0.25) is 0 Å². The minimum absolute atomic E-state index is 0.0193. The molecule has 1 aromatic carbocycles. The van der Waals surface area contributed by atoms with Gasteiger partial charge in [-0.1, -0.05) is 37.3 Å². The monoisotopic (exact) mass is 309 g/mol. The molecular weight excluding hydrogens is 290 g/mol. The number of rotatable bonds is 7. The van der Waals surface area contributed by atoms with Crippen LogP contribution >= 0.6 is 0 Å². The van der Waals surface area contributed by atoms with E-state index in [0.29, 0.717) is 18.7 Å². The van der Waals surface area contributed by atoms with Crippen molar-refractivity contribution in [1.82, 2.24) is 14.7 Å². The van der Waals surface area contributed by atoms with Crippen molar-refractivity contribution in [3.63, 3.8) is 0 Å². The minimum atomic E-state index is -3.71. The van der Waals surface area contributed by atoms with Gasteiger partial charge in [-0.25, -0.2) is 18.1 Å². The number of benzene rings is 1. The Labute approximate surface area is 124 Å². The summed E-state index contributed by atoms with van der Waals surface area (Å²) >= 11 is 0. The molecule has 3 N–H and O–H groups in total. The lowest BCUT2D eigenvalue weighted by Crippen LogP contribution is -2.39. The fraction of sp³-hybridized carbons (Fsp3) is 0.357. The highest BCUT2D eigenvalue weighted by atomic mass is 32.2. The lowest BCUT2D eigenvalue weighted by atomic mass is 10.1. The van der Waals surface area contributed by atoms with Crippen LogP contribution in [0.1, 0.15) is 18.3 Å². The van der Waals surface area contributed by atoms with Crippen LogP contribution in [-0.4, -0.2) is 36.1 Å². The molecular formula is C14H19N3O3S. The van der Waals surface area contributed by atoms with Gasteiger partial charge in [0.05, 0.1) is 12.8 Å². The molecule has 1 atom stereocenters. The Morgan fingerprint density at radius 1 is 1.33 bits per heavy atom. The molecule has 0 radical (unpaired) electrons. The maximum Gasteiger partial charge on any atom is 0.257 e. The number of aryl methyl sites for hydroxylation is 1. The highest BCUT2D eigenvalue weighted by Gasteiger charge is 2.21. The van der Waals surface area contributed by atoms with Gasteiger partial charge in [0.25, 0.3) is 10.0 Å². The number of sulfonamides is 1. The van der Waals surface area contributed by atoms with Crippen molar-refractivity contribution in [3.05, 3.63) is 47.9 Å². The molecule has 21 heavy (non-hydrogen) atoms. The van der Waals surface area contributed by atoms with E-state index in [1.165, 1.54) is 6.20 Å². The summed E-state index contributed by atoms with van der Waals surface area (Å²) in [6.45, 7) is 1.61. The Hall–Kier alpha value is -1.70. The lowest BCUT2D eigenvalue weighted by molar-refractivity contribution is 0.256. The SMILES string of the molecule is CCc1ncc(S(=O)(=O)NC(CO)Cc2ccccc2)[nH]1. The van der Waals surface area contributed by atoms with Crippen molar-refractivity contribution in [1.29, 1.82) is 0 Å². The molecule has 0 aliphatic heterocycles. The largest absolute Gasteiger partial charge is 0.395 e. The number of aromatic amines is 1. The van der Waals surface area contributed by atoms with Crippen LogP contribution in [0, 0.1) is 0 Å². The van der Waals surface area contributed by atoms with Gasteiger partial charge >= 0.3 is 0 Å². The van der Waals surface area contributed by atoms with Crippen LogP contribution in [0.15, 0.2) is 41.6 Å². The average Bonchev–Trinajstić information content (AvgIpc) is 2.97. The molecule has 2 rings (SSSR count). The smallest absolute Gasteiger partial charge is 0.257 e. The van der Waals surface area contributed by atoms with Crippen LogP contribution in [-0.2, 0) is 22.9 Å². The molecule has 6 nitrogen and oxygen atoms in total. The van der Waals surface area contributed by atoms with E-state index in [4.69, 9.17) is 0 Å². The van der Waals surface area contributed by atoms with E-state index in [0.717, 1.165) is 5.56 Å². The first-order chi connectivity index (χ1) is 10.0.